The molecule has 0 rings (SSSR count). The number of halogens is 1. The molecular weight excluding hydrogens is 324 g/mol. The fourth-order valence-electron chi connectivity index (χ4n) is 0.144. The monoisotopic (exact) mass is 328 g/mol. The summed E-state index contributed by atoms with van der Waals surface area (Å²) in [6.45, 7) is 3.61. The topological polar surface area (TPSA) is 0 Å². The van der Waals surface area contributed by atoms with Gasteiger partial charge in [0, 0.05) is 0 Å². The van der Waals surface area contributed by atoms with Gasteiger partial charge in [0.2, 0.25) is 0 Å². The molecule has 0 saturated carbocycles. The average Bonchev–Trinajstić information content (AvgIpc) is 1.61. The second-order valence-electron chi connectivity index (χ2n) is 0.942. The molecule has 38 valence electrons. The normalized spacial score (nSPS) is 9.29. The second-order valence-corrected chi connectivity index (χ2v) is 2.94. The Hall–Kier alpha value is 0.518. The Balaban J connectivity index is 3.46. The third kappa shape index (κ3) is 6.52. The van der Waals surface area contributed by atoms with E-state index < -0.39 is 0 Å². The van der Waals surface area contributed by atoms with E-state index in [2.05, 4.69) is 22.5 Å². The van der Waals surface area contributed by atoms with Crippen LogP contribution in [0.1, 0.15) is 0 Å². The Labute approximate surface area is 62.8 Å². The quantitative estimate of drug-likeness (QED) is 0.678. The fraction of sp³-hybridized carbons (Fsp3) is 0. The van der Waals surface area contributed by atoms with Crippen LogP contribution < -0.4 is 0 Å². The summed E-state index contributed by atoms with van der Waals surface area (Å²) in [7, 11) is 0. The molecule has 7 heavy (non-hydrogen) atoms. The summed E-state index contributed by atoms with van der Waals surface area (Å²) in [4.78, 5) is 0. The SMILES string of the molecule is C=C(Br)/C=C\[CH]=[W]. The van der Waals surface area contributed by atoms with Crippen molar-refractivity contribution in [3.05, 3.63) is 23.2 Å². The fourth-order valence-corrected chi connectivity index (χ4v) is 0.579. The molecule has 0 nitrogen and oxygen atoms in total. The molecule has 0 aliphatic carbocycles. The molecule has 0 radical (unpaired) electrons. The number of hydrogen-bond donors (Lipinski definition) is 0. The Morgan fingerprint density at radius 3 is 2.43 bits per heavy atom. The third-order valence-electron chi connectivity index (χ3n) is 0.356. The molecule has 0 aromatic rings. The van der Waals surface area contributed by atoms with Crippen molar-refractivity contribution in [3.63, 3.8) is 0 Å². The van der Waals surface area contributed by atoms with E-state index in [9.17, 15) is 0 Å². The van der Waals surface area contributed by atoms with Gasteiger partial charge in [-0.2, -0.15) is 0 Å². The molecule has 0 amide bonds. The van der Waals surface area contributed by atoms with Crippen LogP contribution in [0.3, 0.4) is 0 Å². The molecule has 0 fully saturated rings. The number of allylic oxidation sites excluding steroid dienone is 3. The zero-order valence-electron chi connectivity index (χ0n) is 3.73. The minimum absolute atomic E-state index is 0.921. The summed E-state index contributed by atoms with van der Waals surface area (Å²) in [6, 6.07) is 0. The molecule has 0 aromatic carbocycles. The van der Waals surface area contributed by atoms with Crippen molar-refractivity contribution >= 4 is 20.3 Å². The van der Waals surface area contributed by atoms with E-state index in [0.29, 0.717) is 0 Å². The van der Waals surface area contributed by atoms with E-state index >= 15 is 0 Å². The van der Waals surface area contributed by atoms with Gasteiger partial charge >= 0.3 is 62.9 Å². The van der Waals surface area contributed by atoms with Gasteiger partial charge in [0.1, 0.15) is 0 Å². The van der Waals surface area contributed by atoms with Crippen LogP contribution in [0.25, 0.3) is 0 Å². The maximum atomic E-state index is 3.61. The van der Waals surface area contributed by atoms with Crippen LogP contribution in [-0.4, -0.2) is 4.40 Å². The Morgan fingerprint density at radius 2 is 2.29 bits per heavy atom. The van der Waals surface area contributed by atoms with Gasteiger partial charge in [-0.25, -0.2) is 0 Å². The first-order valence-corrected chi connectivity index (χ1v) is 4.22. The van der Waals surface area contributed by atoms with Crippen molar-refractivity contribution in [3.8, 4) is 0 Å². The summed E-state index contributed by atoms with van der Waals surface area (Å²) in [6.07, 6.45) is 3.87. The van der Waals surface area contributed by atoms with Crippen LogP contribution in [0.4, 0.5) is 0 Å². The summed E-state index contributed by atoms with van der Waals surface area (Å²) in [5.41, 5.74) is 0. The first-order chi connectivity index (χ1) is 3.27. The molecular formula is C5H5BrW. The van der Waals surface area contributed by atoms with Gasteiger partial charge in [0.15, 0.2) is 0 Å². The van der Waals surface area contributed by atoms with E-state index in [-0.39, 0.29) is 0 Å². The van der Waals surface area contributed by atoms with Crippen molar-refractivity contribution in [2.75, 3.05) is 0 Å². The predicted octanol–water partition coefficient (Wildman–Crippen LogP) is 1.80. The molecule has 0 saturated heterocycles. The summed E-state index contributed by atoms with van der Waals surface area (Å²) < 4.78 is 2.96. The Bertz CT molecular complexity index is 105. The first kappa shape index (κ1) is 7.52. The zero-order chi connectivity index (χ0) is 5.70. The Kier molecular flexibility index (Phi) is 5.02. The summed E-state index contributed by atoms with van der Waals surface area (Å²) in [5.74, 6) is 0. The van der Waals surface area contributed by atoms with E-state index in [1.807, 2.05) is 16.6 Å². The molecule has 0 aliphatic heterocycles. The van der Waals surface area contributed by atoms with Crippen molar-refractivity contribution in [2.45, 2.75) is 0 Å². The first-order valence-electron chi connectivity index (χ1n) is 1.73. The van der Waals surface area contributed by atoms with Gasteiger partial charge in [0.25, 0.3) is 0 Å². The van der Waals surface area contributed by atoms with E-state index in [4.69, 9.17) is 0 Å². The predicted molar refractivity (Wildman–Crippen MR) is 33.3 cm³/mol. The zero-order valence-corrected chi connectivity index (χ0v) is 8.24. The van der Waals surface area contributed by atoms with Gasteiger partial charge < -0.3 is 0 Å². The van der Waals surface area contributed by atoms with Crippen LogP contribution in [0.5, 0.6) is 0 Å². The van der Waals surface area contributed by atoms with Crippen LogP contribution in [0.15, 0.2) is 23.2 Å². The molecule has 0 aliphatic rings. The van der Waals surface area contributed by atoms with Crippen LogP contribution in [-0.2, 0) is 19.4 Å². The molecule has 0 unspecified atom stereocenters. The van der Waals surface area contributed by atoms with Gasteiger partial charge in [-0.05, 0) is 0 Å². The van der Waals surface area contributed by atoms with E-state index in [0.717, 1.165) is 4.48 Å². The molecule has 0 atom stereocenters. The van der Waals surface area contributed by atoms with Crippen molar-refractivity contribution in [2.24, 2.45) is 0 Å². The van der Waals surface area contributed by atoms with Gasteiger partial charge in [-0.3, -0.25) is 0 Å². The number of rotatable bonds is 2. The molecule has 2 heteroatoms. The van der Waals surface area contributed by atoms with Crippen LogP contribution >= 0.6 is 15.9 Å². The van der Waals surface area contributed by atoms with Gasteiger partial charge in [-0.1, -0.05) is 0 Å². The van der Waals surface area contributed by atoms with Gasteiger partial charge in [-0.15, -0.1) is 0 Å². The van der Waals surface area contributed by atoms with Crippen molar-refractivity contribution < 1.29 is 19.4 Å². The summed E-state index contributed by atoms with van der Waals surface area (Å²) >= 11 is 4.64. The van der Waals surface area contributed by atoms with Crippen molar-refractivity contribution in [1.82, 2.24) is 0 Å². The molecule has 0 aromatic heterocycles. The number of hydrogen-bond acceptors (Lipinski definition) is 0. The standard InChI is InChI=1S/C5H5Br.W/c1-3-4-5(2)6;/h1,3-4H,2H2;/b4-3-;. The summed E-state index contributed by atoms with van der Waals surface area (Å²) in [5, 5.41) is 0. The van der Waals surface area contributed by atoms with Gasteiger partial charge in [0.05, 0.1) is 0 Å². The third-order valence-corrected chi connectivity index (χ3v) is 1.18. The van der Waals surface area contributed by atoms with Crippen LogP contribution in [0, 0.1) is 0 Å². The molecule has 0 bridgehead atoms. The van der Waals surface area contributed by atoms with E-state index in [1.54, 1.807) is 0 Å². The van der Waals surface area contributed by atoms with Crippen molar-refractivity contribution in [1.29, 1.82) is 0 Å². The molecule has 0 N–H and O–H groups in total. The average molecular weight is 329 g/mol. The minimum atomic E-state index is 0.921. The molecule has 0 spiro atoms. The Morgan fingerprint density at radius 1 is 1.71 bits per heavy atom. The molecule has 0 heterocycles. The second kappa shape index (κ2) is 4.67. The van der Waals surface area contributed by atoms with Crippen LogP contribution in [0.2, 0.25) is 0 Å². The van der Waals surface area contributed by atoms with E-state index in [1.165, 1.54) is 19.4 Å². The maximum absolute atomic E-state index is 3.61.